The van der Waals surface area contributed by atoms with Gasteiger partial charge in [0.15, 0.2) is 11.1 Å². The summed E-state index contributed by atoms with van der Waals surface area (Å²) in [5.74, 6) is 0.772. The van der Waals surface area contributed by atoms with E-state index in [1.54, 1.807) is 41.5 Å². The molecule has 2 amide bonds. The molecule has 0 aromatic carbocycles. The van der Waals surface area contributed by atoms with Crippen molar-refractivity contribution in [3.8, 4) is 0 Å². The van der Waals surface area contributed by atoms with E-state index in [0.717, 1.165) is 22.5 Å². The zero-order valence-corrected chi connectivity index (χ0v) is 23.7. The van der Waals surface area contributed by atoms with Crippen LogP contribution in [0.1, 0.15) is 64.1 Å². The molecule has 2 aromatic heterocycles. The largest absolute Gasteiger partial charge is 0.444 e. The Kier molecular flexibility index (Phi) is 12.5. The smallest absolute Gasteiger partial charge is 0.413 e. The standard InChI is InChI=1S/C11H20N2O4S.C6H10N4O.C5H8N2O/c1-10(2,3)16-8(14)12-7(18)13-9(15)17-11(4,5)6;1-3-4(2)10-11-5(3)9-6(7)8;1-3-4(2)7-8-5(3)6/h1-6H3,(H2,12,13,14,15,18);1-2H3,(H4,7,8,9);6H2,1-2H3. The second-order valence-electron chi connectivity index (χ2n) is 9.57. The van der Waals surface area contributed by atoms with E-state index < -0.39 is 23.4 Å². The maximum Gasteiger partial charge on any atom is 0.413 e. The number of nitrogens with two attached hydrogens (primary N) is 3. The molecule has 0 aliphatic heterocycles. The Bertz CT molecular complexity index is 1040. The summed E-state index contributed by atoms with van der Waals surface area (Å²) >= 11 is 4.76. The quantitative estimate of drug-likeness (QED) is 0.199. The number of hydrogen-bond acceptors (Lipinski definition) is 11. The summed E-state index contributed by atoms with van der Waals surface area (Å²) in [6, 6.07) is 0. The van der Waals surface area contributed by atoms with Gasteiger partial charge in [-0.3, -0.25) is 10.6 Å². The van der Waals surface area contributed by atoms with Gasteiger partial charge in [0.2, 0.25) is 5.88 Å². The van der Waals surface area contributed by atoms with Crippen molar-refractivity contribution >= 4 is 47.2 Å². The zero-order valence-electron chi connectivity index (χ0n) is 22.9. The normalized spacial score (nSPS) is 10.5. The van der Waals surface area contributed by atoms with E-state index in [9.17, 15) is 9.59 Å². The maximum atomic E-state index is 11.3. The van der Waals surface area contributed by atoms with Crippen molar-refractivity contribution in [3.05, 3.63) is 22.5 Å². The van der Waals surface area contributed by atoms with E-state index in [1.807, 2.05) is 27.7 Å². The first-order valence-corrected chi connectivity index (χ1v) is 11.4. The van der Waals surface area contributed by atoms with Crippen LogP contribution in [0.15, 0.2) is 14.0 Å². The monoisotopic (exact) mass is 542 g/mol. The number of nitrogen functional groups attached to an aromatic ring is 1. The van der Waals surface area contributed by atoms with Crippen molar-refractivity contribution in [2.45, 2.75) is 80.4 Å². The third kappa shape index (κ3) is 15.0. The molecule has 0 saturated heterocycles. The van der Waals surface area contributed by atoms with E-state index in [1.165, 1.54) is 0 Å². The van der Waals surface area contributed by atoms with Crippen LogP contribution in [-0.4, -0.2) is 44.8 Å². The average Bonchev–Trinajstić information content (AvgIpc) is 3.15. The molecule has 15 heteroatoms. The number of carbonyl (C=O) groups excluding carboxylic acids is 2. The maximum absolute atomic E-state index is 11.3. The fraction of sp³-hybridized carbons (Fsp3) is 0.545. The number of nitrogens with one attached hydrogen (secondary N) is 2. The van der Waals surface area contributed by atoms with Crippen molar-refractivity contribution in [1.82, 2.24) is 20.9 Å². The molecule has 0 unspecified atom stereocenters. The molecular weight excluding hydrogens is 504 g/mol. The molecule has 8 N–H and O–H groups in total. The molecule has 0 saturated carbocycles. The predicted octanol–water partition coefficient (Wildman–Crippen LogP) is 3.39. The predicted molar refractivity (Wildman–Crippen MR) is 143 cm³/mol. The van der Waals surface area contributed by atoms with Crippen LogP contribution in [0.4, 0.5) is 21.4 Å². The summed E-state index contributed by atoms with van der Waals surface area (Å²) in [6.07, 6.45) is -1.47. The van der Waals surface area contributed by atoms with Crippen molar-refractivity contribution < 1.29 is 28.1 Å². The molecule has 0 bridgehead atoms. The summed E-state index contributed by atoms with van der Waals surface area (Å²) in [5, 5.41) is 11.5. The van der Waals surface area contributed by atoms with Gasteiger partial charge in [0.05, 0.1) is 11.4 Å². The van der Waals surface area contributed by atoms with Gasteiger partial charge in [-0.1, -0.05) is 10.3 Å². The highest BCUT2D eigenvalue weighted by atomic mass is 32.1. The van der Waals surface area contributed by atoms with Gasteiger partial charge in [0, 0.05) is 11.1 Å². The molecule has 37 heavy (non-hydrogen) atoms. The third-order valence-corrected chi connectivity index (χ3v) is 3.99. The fourth-order valence-corrected chi connectivity index (χ4v) is 2.05. The Morgan fingerprint density at radius 2 is 1.24 bits per heavy atom. The van der Waals surface area contributed by atoms with Crippen LogP contribution in [0.5, 0.6) is 0 Å². The number of nitrogens with zero attached hydrogens (tertiary/aromatic N) is 3. The van der Waals surface area contributed by atoms with E-state index >= 15 is 0 Å². The average molecular weight is 543 g/mol. The SMILES string of the molecule is CC(C)(C)OC(=O)NC(=S)NC(=O)OC(C)(C)C.Cc1noc(N)c1C.Cc1noc(N=C(N)N)c1C. The first-order chi connectivity index (χ1) is 16.7. The fourth-order valence-electron chi connectivity index (χ4n) is 1.88. The van der Waals surface area contributed by atoms with E-state index in [2.05, 4.69) is 30.5 Å². The van der Waals surface area contributed by atoms with Crippen LogP contribution < -0.4 is 27.8 Å². The van der Waals surface area contributed by atoms with Crippen LogP contribution in [0.2, 0.25) is 0 Å². The van der Waals surface area contributed by atoms with Gasteiger partial charge in [-0.15, -0.1) is 0 Å². The molecule has 0 spiro atoms. The third-order valence-electron chi connectivity index (χ3n) is 3.79. The minimum atomic E-state index is -0.733. The van der Waals surface area contributed by atoms with Gasteiger partial charge in [0.25, 0.3) is 5.88 Å². The summed E-state index contributed by atoms with van der Waals surface area (Å²) in [5.41, 5.74) is 17.8. The van der Waals surface area contributed by atoms with Crippen molar-refractivity contribution in [2.24, 2.45) is 16.5 Å². The van der Waals surface area contributed by atoms with Gasteiger partial charge in [-0.2, -0.15) is 4.99 Å². The molecule has 2 rings (SSSR count). The molecular formula is C22H38N8O6S. The highest BCUT2D eigenvalue weighted by Gasteiger charge is 2.20. The number of ether oxygens (including phenoxy) is 2. The number of guanidine groups is 1. The molecule has 0 aliphatic rings. The Balaban J connectivity index is 0.000000574. The number of amides is 2. The molecule has 0 fully saturated rings. The van der Waals surface area contributed by atoms with Crippen molar-refractivity contribution in [2.75, 3.05) is 5.73 Å². The number of aryl methyl sites for hydroxylation is 2. The number of thiocarbonyl (C=S) groups is 1. The Hall–Kier alpha value is -3.88. The van der Waals surface area contributed by atoms with Gasteiger partial charge in [-0.25, -0.2) is 9.59 Å². The topological polar surface area (TPSA) is 219 Å². The van der Waals surface area contributed by atoms with E-state index in [4.69, 9.17) is 43.4 Å². The number of aliphatic imine (C=N–C) groups is 1. The highest BCUT2D eigenvalue weighted by molar-refractivity contribution is 7.80. The van der Waals surface area contributed by atoms with Gasteiger partial charge < -0.3 is 35.7 Å². The van der Waals surface area contributed by atoms with Crippen LogP contribution >= 0.6 is 12.2 Å². The van der Waals surface area contributed by atoms with Crippen LogP contribution in [0.25, 0.3) is 0 Å². The Labute approximate surface area is 221 Å². The molecule has 0 atom stereocenters. The highest BCUT2D eigenvalue weighted by Crippen LogP contribution is 2.20. The minimum absolute atomic E-state index is 0.0238. The zero-order chi connectivity index (χ0) is 29.1. The number of aromatic nitrogens is 2. The molecule has 0 aliphatic carbocycles. The lowest BCUT2D eigenvalue weighted by atomic mass is 10.2. The molecule has 208 valence electrons. The molecule has 0 radical (unpaired) electrons. The van der Waals surface area contributed by atoms with Crippen molar-refractivity contribution in [1.29, 1.82) is 0 Å². The first kappa shape index (κ1) is 33.1. The number of hydrogen-bond donors (Lipinski definition) is 5. The number of anilines is 1. The number of alkyl carbamates (subject to hydrolysis) is 2. The van der Waals surface area contributed by atoms with Crippen LogP contribution in [0.3, 0.4) is 0 Å². The summed E-state index contributed by atoms with van der Waals surface area (Å²) < 4.78 is 19.4. The number of carbonyl (C=O) groups is 2. The Morgan fingerprint density at radius 3 is 1.49 bits per heavy atom. The van der Waals surface area contributed by atoms with Gasteiger partial charge in [-0.05, 0) is 81.5 Å². The second-order valence-corrected chi connectivity index (χ2v) is 9.98. The summed E-state index contributed by atoms with van der Waals surface area (Å²) in [4.78, 5) is 26.4. The number of rotatable bonds is 1. The Morgan fingerprint density at radius 1 is 0.838 bits per heavy atom. The lowest BCUT2D eigenvalue weighted by molar-refractivity contribution is 0.0547. The van der Waals surface area contributed by atoms with E-state index in [-0.39, 0.29) is 11.1 Å². The summed E-state index contributed by atoms with van der Waals surface area (Å²) in [7, 11) is 0. The second kappa shape index (κ2) is 14.0. The van der Waals surface area contributed by atoms with Crippen LogP contribution in [0, 0.1) is 27.7 Å². The lowest BCUT2D eigenvalue weighted by Crippen LogP contribution is -2.45. The van der Waals surface area contributed by atoms with Gasteiger partial charge >= 0.3 is 12.2 Å². The van der Waals surface area contributed by atoms with Crippen molar-refractivity contribution in [3.63, 3.8) is 0 Å². The lowest BCUT2D eigenvalue weighted by Gasteiger charge is -2.21. The van der Waals surface area contributed by atoms with E-state index in [0.29, 0.717) is 11.8 Å². The van der Waals surface area contributed by atoms with Gasteiger partial charge in [0.1, 0.15) is 11.2 Å². The first-order valence-electron chi connectivity index (χ1n) is 11.0. The molecule has 2 aromatic rings. The molecule has 14 nitrogen and oxygen atoms in total. The van der Waals surface area contributed by atoms with Crippen LogP contribution in [-0.2, 0) is 9.47 Å². The minimum Gasteiger partial charge on any atom is -0.444 e. The molecule has 2 heterocycles. The summed E-state index contributed by atoms with van der Waals surface area (Å²) in [6.45, 7) is 17.7.